The molecule has 2 amide bonds. The summed E-state index contributed by atoms with van der Waals surface area (Å²) in [6.07, 6.45) is 0. The Morgan fingerprint density at radius 2 is 1.73 bits per heavy atom. The van der Waals surface area contributed by atoms with Crippen molar-refractivity contribution < 1.29 is 28.0 Å². The molecule has 1 heterocycles. The highest BCUT2D eigenvalue weighted by Gasteiger charge is 2.44. The fourth-order valence-electron chi connectivity index (χ4n) is 2.27. The van der Waals surface area contributed by atoms with E-state index in [4.69, 9.17) is 4.55 Å². The first kappa shape index (κ1) is 16.3. The van der Waals surface area contributed by atoms with Crippen LogP contribution in [0.25, 0.3) is 0 Å². The van der Waals surface area contributed by atoms with Crippen LogP contribution in [-0.2, 0) is 20.9 Å². The molecular weight excluding hydrogens is 312 g/mol. The lowest BCUT2D eigenvalue weighted by molar-refractivity contribution is -0.153. The Bertz CT molecular complexity index is 625. The fourth-order valence-corrected chi connectivity index (χ4v) is 2.43. The molecule has 22 heavy (non-hydrogen) atoms. The first-order chi connectivity index (χ1) is 10.3. The van der Waals surface area contributed by atoms with Gasteiger partial charge in [0.25, 0.3) is 23.1 Å². The van der Waals surface area contributed by atoms with Crippen molar-refractivity contribution in [2.24, 2.45) is 5.92 Å². The molecule has 1 aromatic rings. The maximum absolute atomic E-state index is 12.4. The van der Waals surface area contributed by atoms with Crippen LogP contribution in [0.3, 0.4) is 0 Å². The van der Waals surface area contributed by atoms with Gasteiger partial charge in [0.2, 0.25) is 0 Å². The van der Waals surface area contributed by atoms with Gasteiger partial charge in [-0.3, -0.25) is 19.0 Å². The second kappa shape index (κ2) is 6.34. The summed E-state index contributed by atoms with van der Waals surface area (Å²) in [5.74, 6) is -2.63. The Morgan fingerprint density at radius 3 is 2.14 bits per heavy atom. The van der Waals surface area contributed by atoms with Gasteiger partial charge in [-0.1, -0.05) is 26.0 Å². The molecule has 2 atom stereocenters. The van der Waals surface area contributed by atoms with Crippen LogP contribution >= 0.6 is 0 Å². The second-order valence-electron chi connectivity index (χ2n) is 4.97. The minimum Gasteiger partial charge on any atom is -0.354 e. The monoisotopic (exact) mass is 326 g/mol. The summed E-state index contributed by atoms with van der Waals surface area (Å²) >= 11 is -2.56. The van der Waals surface area contributed by atoms with Gasteiger partial charge in [-0.2, -0.15) is 0 Å². The summed E-state index contributed by atoms with van der Waals surface area (Å²) in [6.45, 7) is 3.26. The number of imide groups is 1. The van der Waals surface area contributed by atoms with E-state index in [0.29, 0.717) is 0 Å². The molecule has 0 fully saturated rings. The zero-order valence-electron chi connectivity index (χ0n) is 11.8. The van der Waals surface area contributed by atoms with Crippen LogP contribution < -0.4 is 4.89 Å². The number of hydrogen-bond donors (Lipinski definition) is 2. The molecular formula is C13H14N2O6S. The molecule has 2 N–H and O–H groups in total. The number of nitrogens with one attached hydrogen (secondary N) is 1. The third kappa shape index (κ3) is 2.91. The van der Waals surface area contributed by atoms with Gasteiger partial charge in [0.1, 0.15) is 6.04 Å². The average molecular weight is 326 g/mol. The number of hydrogen-bond acceptors (Lipinski definition) is 5. The van der Waals surface area contributed by atoms with Crippen LogP contribution in [0.2, 0.25) is 0 Å². The van der Waals surface area contributed by atoms with Gasteiger partial charge in [0.15, 0.2) is 0 Å². The van der Waals surface area contributed by atoms with Crippen molar-refractivity contribution in [3.63, 3.8) is 0 Å². The molecule has 9 heteroatoms. The molecule has 8 nitrogen and oxygen atoms in total. The summed E-state index contributed by atoms with van der Waals surface area (Å²) in [5, 5.41) is 0. The van der Waals surface area contributed by atoms with Crippen LogP contribution in [-0.4, -0.2) is 37.5 Å². The number of benzene rings is 1. The van der Waals surface area contributed by atoms with E-state index in [1.54, 1.807) is 30.9 Å². The Balaban J connectivity index is 2.31. The van der Waals surface area contributed by atoms with Crippen LogP contribution in [0.1, 0.15) is 34.6 Å². The minimum atomic E-state index is -2.56. The number of carbonyl (C=O) groups is 3. The Hall–Kier alpha value is -2.10. The molecule has 0 aliphatic carbocycles. The molecule has 0 spiro atoms. The van der Waals surface area contributed by atoms with Gasteiger partial charge in [-0.25, -0.2) is 9.00 Å². The van der Waals surface area contributed by atoms with Crippen molar-refractivity contribution in [1.82, 2.24) is 9.79 Å². The van der Waals surface area contributed by atoms with Gasteiger partial charge in [-0.15, -0.1) is 0 Å². The minimum absolute atomic E-state index is 0.213. The number of nitrogens with zero attached hydrogens (tertiary/aromatic N) is 1. The van der Waals surface area contributed by atoms with Gasteiger partial charge >= 0.3 is 5.97 Å². The third-order valence-corrected chi connectivity index (χ3v) is 3.42. The summed E-state index contributed by atoms with van der Waals surface area (Å²) in [5.41, 5.74) is 0.425. The average Bonchev–Trinajstić information content (AvgIpc) is 2.71. The quantitative estimate of drug-likeness (QED) is 0.462. The molecule has 118 valence electrons. The molecule has 0 aromatic heterocycles. The highest BCUT2D eigenvalue weighted by Crippen LogP contribution is 2.27. The molecule has 2 rings (SSSR count). The van der Waals surface area contributed by atoms with E-state index in [9.17, 15) is 18.6 Å². The number of fused-ring (bicyclic) bond motifs is 1. The van der Waals surface area contributed by atoms with Crippen molar-refractivity contribution in [3.05, 3.63) is 35.4 Å². The van der Waals surface area contributed by atoms with E-state index in [1.165, 1.54) is 12.1 Å². The SMILES string of the molecule is CC(C)[C@@H](C(=O)ONS(=O)O)N1C(=O)c2ccccc2C1=O. The fraction of sp³-hybridized carbons (Fsp3) is 0.308. The van der Waals surface area contributed by atoms with E-state index in [-0.39, 0.29) is 11.1 Å². The molecule has 1 aliphatic heterocycles. The first-order valence-corrected chi connectivity index (χ1v) is 7.49. The molecule has 0 saturated heterocycles. The lowest BCUT2D eigenvalue weighted by Gasteiger charge is -2.26. The molecule has 1 aliphatic rings. The van der Waals surface area contributed by atoms with Crippen molar-refractivity contribution in [3.8, 4) is 0 Å². The molecule has 1 unspecified atom stereocenters. The summed E-state index contributed by atoms with van der Waals surface area (Å²) in [4.78, 5) is 43.6. The number of carbonyl (C=O) groups excluding carboxylic acids is 3. The third-order valence-electron chi connectivity index (χ3n) is 3.19. The zero-order valence-corrected chi connectivity index (χ0v) is 12.6. The summed E-state index contributed by atoms with van der Waals surface area (Å²) in [6, 6.07) is 5.03. The highest BCUT2D eigenvalue weighted by atomic mass is 32.2. The van der Waals surface area contributed by atoms with Gasteiger partial charge < -0.3 is 4.84 Å². The van der Waals surface area contributed by atoms with E-state index < -0.39 is 41.0 Å². The van der Waals surface area contributed by atoms with E-state index >= 15 is 0 Å². The topological polar surface area (TPSA) is 113 Å². The second-order valence-corrected chi connectivity index (χ2v) is 5.63. The molecule has 1 aromatic carbocycles. The Labute approximate surface area is 128 Å². The van der Waals surface area contributed by atoms with Crippen molar-refractivity contribution in [2.75, 3.05) is 0 Å². The molecule has 0 radical (unpaired) electrons. The van der Waals surface area contributed by atoms with Crippen LogP contribution in [0, 0.1) is 5.92 Å². The predicted molar refractivity (Wildman–Crippen MR) is 75.6 cm³/mol. The Kier molecular flexibility index (Phi) is 4.69. The van der Waals surface area contributed by atoms with Crippen molar-refractivity contribution in [2.45, 2.75) is 19.9 Å². The maximum Gasteiger partial charge on any atom is 0.349 e. The smallest absolute Gasteiger partial charge is 0.349 e. The van der Waals surface area contributed by atoms with Crippen molar-refractivity contribution >= 4 is 29.1 Å². The lowest BCUT2D eigenvalue weighted by atomic mass is 10.0. The van der Waals surface area contributed by atoms with Gasteiger partial charge in [0.05, 0.1) is 11.1 Å². The van der Waals surface area contributed by atoms with Crippen LogP contribution in [0.15, 0.2) is 24.3 Å². The van der Waals surface area contributed by atoms with E-state index in [0.717, 1.165) is 4.90 Å². The van der Waals surface area contributed by atoms with Crippen molar-refractivity contribution in [1.29, 1.82) is 0 Å². The first-order valence-electron chi connectivity index (χ1n) is 6.38. The summed E-state index contributed by atoms with van der Waals surface area (Å²) in [7, 11) is 0. The Morgan fingerprint density at radius 1 is 1.23 bits per heavy atom. The maximum atomic E-state index is 12.4. The standard InChI is InChI=1S/C13H14N2O6S/c1-7(2)10(13(18)21-14-22(19)20)15-11(16)8-5-3-4-6-9(8)12(15)17/h3-7,10,14H,1-2H3,(H,19,20)/t10-/m0/s1. The van der Waals surface area contributed by atoms with Crippen LogP contribution in [0.4, 0.5) is 0 Å². The van der Waals surface area contributed by atoms with Gasteiger partial charge in [-0.05, 0) is 22.9 Å². The molecule has 0 bridgehead atoms. The zero-order chi connectivity index (χ0) is 16.4. The summed E-state index contributed by atoms with van der Waals surface area (Å²) < 4.78 is 19.1. The predicted octanol–water partition coefficient (Wildman–Crippen LogP) is 0.492. The lowest BCUT2D eigenvalue weighted by Crippen LogP contribution is -2.49. The molecule has 0 saturated carbocycles. The van der Waals surface area contributed by atoms with Gasteiger partial charge in [0, 0.05) is 0 Å². The largest absolute Gasteiger partial charge is 0.354 e. The highest BCUT2D eigenvalue weighted by molar-refractivity contribution is 7.76. The van der Waals surface area contributed by atoms with E-state index in [2.05, 4.69) is 4.84 Å². The number of amides is 2. The normalized spacial score (nSPS) is 16.6. The van der Waals surface area contributed by atoms with E-state index in [1.807, 2.05) is 0 Å². The number of rotatable bonds is 5. The van der Waals surface area contributed by atoms with Crippen LogP contribution in [0.5, 0.6) is 0 Å².